The minimum Gasteiger partial charge on any atom is -0.397 e. The first-order valence-electron chi connectivity index (χ1n) is 7.64. The van der Waals surface area contributed by atoms with Crippen LogP contribution in [0.15, 0.2) is 12.1 Å². The quantitative estimate of drug-likeness (QED) is 0.815. The highest BCUT2D eigenvalue weighted by Crippen LogP contribution is 2.35. The summed E-state index contributed by atoms with van der Waals surface area (Å²) in [5.41, 5.74) is 10.2. The smallest absolute Gasteiger partial charge is 0.224 e. The number of carbonyl (C=O) groups excluding carboxylic acids is 1. The summed E-state index contributed by atoms with van der Waals surface area (Å²) in [5, 5.41) is 2.91. The highest BCUT2D eigenvalue weighted by Gasteiger charge is 2.22. The van der Waals surface area contributed by atoms with Gasteiger partial charge in [0.25, 0.3) is 0 Å². The van der Waals surface area contributed by atoms with Crippen molar-refractivity contribution in [2.75, 3.05) is 29.0 Å². The number of nitrogens with two attached hydrogens (primary N) is 1. The third-order valence-electron chi connectivity index (χ3n) is 4.68. The van der Waals surface area contributed by atoms with Gasteiger partial charge in [-0.3, -0.25) is 4.79 Å². The van der Waals surface area contributed by atoms with Crippen molar-refractivity contribution in [1.29, 1.82) is 0 Å². The van der Waals surface area contributed by atoms with Crippen molar-refractivity contribution in [3.8, 4) is 0 Å². The molecule has 0 aromatic heterocycles. The number of carbonyl (C=O) groups is 1. The van der Waals surface area contributed by atoms with Gasteiger partial charge in [-0.1, -0.05) is 13.3 Å². The van der Waals surface area contributed by atoms with Gasteiger partial charge < -0.3 is 16.0 Å². The summed E-state index contributed by atoms with van der Waals surface area (Å²) in [6.45, 7) is 4.46. The molecule has 3 N–H and O–H groups in total. The lowest BCUT2D eigenvalue weighted by Gasteiger charge is -2.34. The largest absolute Gasteiger partial charge is 0.397 e. The van der Waals surface area contributed by atoms with Crippen LogP contribution in [0.1, 0.15) is 38.2 Å². The minimum atomic E-state index is 0.0911. The Morgan fingerprint density at radius 1 is 1.30 bits per heavy atom. The molecule has 0 unspecified atom stereocenters. The zero-order chi connectivity index (χ0) is 14.1. The first kappa shape index (κ1) is 13.3. The van der Waals surface area contributed by atoms with E-state index in [1.165, 1.54) is 24.8 Å². The lowest BCUT2D eigenvalue weighted by molar-refractivity contribution is -0.116. The zero-order valence-corrected chi connectivity index (χ0v) is 12.1. The van der Waals surface area contributed by atoms with Crippen molar-refractivity contribution < 1.29 is 4.79 Å². The van der Waals surface area contributed by atoms with Crippen LogP contribution in [-0.2, 0) is 11.2 Å². The Hall–Kier alpha value is -1.71. The number of fused-ring (bicyclic) bond motifs is 1. The normalized spacial score (nSPS) is 19.6. The van der Waals surface area contributed by atoms with Gasteiger partial charge in [0, 0.05) is 25.2 Å². The topological polar surface area (TPSA) is 58.4 Å². The summed E-state index contributed by atoms with van der Waals surface area (Å²) in [6, 6.07) is 4.10. The van der Waals surface area contributed by atoms with E-state index in [0.717, 1.165) is 42.5 Å². The second kappa shape index (κ2) is 5.35. The molecule has 1 aromatic carbocycles. The molecule has 4 nitrogen and oxygen atoms in total. The van der Waals surface area contributed by atoms with Crippen LogP contribution in [0.4, 0.5) is 17.1 Å². The van der Waals surface area contributed by atoms with Crippen LogP contribution in [0.5, 0.6) is 0 Å². The summed E-state index contributed by atoms with van der Waals surface area (Å²) in [7, 11) is 0. The van der Waals surface area contributed by atoms with Gasteiger partial charge in [0.15, 0.2) is 0 Å². The van der Waals surface area contributed by atoms with Crippen LogP contribution in [-0.4, -0.2) is 19.0 Å². The fourth-order valence-electron chi connectivity index (χ4n) is 3.29. The zero-order valence-electron chi connectivity index (χ0n) is 12.1. The van der Waals surface area contributed by atoms with E-state index in [9.17, 15) is 4.79 Å². The van der Waals surface area contributed by atoms with E-state index in [4.69, 9.17) is 5.73 Å². The predicted octanol–water partition coefficient (Wildman–Crippen LogP) is 2.78. The minimum absolute atomic E-state index is 0.0911. The molecule has 1 fully saturated rings. The van der Waals surface area contributed by atoms with Gasteiger partial charge in [0.1, 0.15) is 0 Å². The first-order chi connectivity index (χ1) is 9.67. The Bertz CT molecular complexity index is 519. The van der Waals surface area contributed by atoms with E-state index in [-0.39, 0.29) is 5.91 Å². The molecule has 0 radical (unpaired) electrons. The summed E-state index contributed by atoms with van der Waals surface area (Å²) < 4.78 is 0. The van der Waals surface area contributed by atoms with Crippen LogP contribution in [0.3, 0.4) is 0 Å². The van der Waals surface area contributed by atoms with Crippen LogP contribution in [0.2, 0.25) is 0 Å². The number of anilines is 3. The van der Waals surface area contributed by atoms with E-state index in [0.29, 0.717) is 6.42 Å². The summed E-state index contributed by atoms with van der Waals surface area (Å²) in [6.07, 6.45) is 5.18. The highest BCUT2D eigenvalue weighted by molar-refractivity contribution is 5.95. The number of piperidine rings is 1. The van der Waals surface area contributed by atoms with Gasteiger partial charge in [-0.2, -0.15) is 0 Å². The van der Waals surface area contributed by atoms with Crippen molar-refractivity contribution >= 4 is 23.0 Å². The molecule has 20 heavy (non-hydrogen) atoms. The Morgan fingerprint density at radius 2 is 2.05 bits per heavy atom. The third-order valence-corrected chi connectivity index (χ3v) is 4.68. The number of rotatable bonds is 2. The molecule has 0 atom stereocenters. The second-order valence-electron chi connectivity index (χ2n) is 5.96. The van der Waals surface area contributed by atoms with Crippen LogP contribution >= 0.6 is 0 Å². The van der Waals surface area contributed by atoms with Gasteiger partial charge in [-0.25, -0.2) is 0 Å². The van der Waals surface area contributed by atoms with E-state index >= 15 is 0 Å². The Morgan fingerprint density at radius 3 is 2.75 bits per heavy atom. The highest BCUT2D eigenvalue weighted by atomic mass is 16.1. The Balaban J connectivity index is 1.82. The molecular weight excluding hydrogens is 250 g/mol. The summed E-state index contributed by atoms with van der Waals surface area (Å²) >= 11 is 0. The maximum atomic E-state index is 11.4. The van der Waals surface area contributed by atoms with Gasteiger partial charge in [0.2, 0.25) is 5.91 Å². The van der Waals surface area contributed by atoms with Gasteiger partial charge >= 0.3 is 0 Å². The molecular formula is C16H23N3O. The molecule has 2 heterocycles. The van der Waals surface area contributed by atoms with E-state index in [1.807, 2.05) is 6.07 Å². The lowest BCUT2D eigenvalue weighted by atomic mass is 9.93. The van der Waals surface area contributed by atoms with Crippen molar-refractivity contribution in [1.82, 2.24) is 0 Å². The first-order valence-corrected chi connectivity index (χ1v) is 7.64. The number of nitrogens with one attached hydrogen (secondary N) is 1. The fourth-order valence-corrected chi connectivity index (χ4v) is 3.29. The predicted molar refractivity (Wildman–Crippen MR) is 83.0 cm³/mol. The molecule has 4 heteroatoms. The van der Waals surface area contributed by atoms with E-state index < -0.39 is 0 Å². The number of amides is 1. The van der Waals surface area contributed by atoms with Crippen molar-refractivity contribution in [2.24, 2.45) is 5.92 Å². The van der Waals surface area contributed by atoms with Gasteiger partial charge in [-0.05, 0) is 42.9 Å². The van der Waals surface area contributed by atoms with Gasteiger partial charge in [-0.15, -0.1) is 0 Å². The average molecular weight is 273 g/mol. The molecule has 0 spiro atoms. The number of hydrogen-bond donors (Lipinski definition) is 2. The second-order valence-corrected chi connectivity index (χ2v) is 5.96. The molecule has 0 saturated carbocycles. The lowest BCUT2D eigenvalue weighted by Crippen LogP contribution is -2.34. The number of aryl methyl sites for hydroxylation is 1. The van der Waals surface area contributed by atoms with E-state index in [2.05, 4.69) is 23.2 Å². The molecule has 0 bridgehead atoms. The third kappa shape index (κ3) is 2.47. The van der Waals surface area contributed by atoms with Gasteiger partial charge in [0.05, 0.1) is 11.4 Å². The van der Waals surface area contributed by atoms with Crippen molar-refractivity contribution in [2.45, 2.75) is 39.0 Å². The number of nitrogens with zero attached hydrogens (tertiary/aromatic N) is 1. The molecule has 0 aliphatic carbocycles. The van der Waals surface area contributed by atoms with Crippen LogP contribution < -0.4 is 16.0 Å². The van der Waals surface area contributed by atoms with Crippen molar-refractivity contribution in [3.63, 3.8) is 0 Å². The molecule has 2 aliphatic heterocycles. The molecule has 1 aromatic rings. The standard InChI is InChI=1S/C16H23N3O/c1-2-11-5-7-19(8-6-11)15-9-12-3-4-16(20)18-14(12)10-13(15)17/h9-11H,2-8,17H2,1H3,(H,18,20). The molecule has 3 rings (SSSR count). The summed E-state index contributed by atoms with van der Waals surface area (Å²) in [4.78, 5) is 13.8. The average Bonchev–Trinajstić information content (AvgIpc) is 2.46. The van der Waals surface area contributed by atoms with Crippen LogP contribution in [0.25, 0.3) is 0 Å². The fraction of sp³-hybridized carbons (Fsp3) is 0.562. The summed E-state index contributed by atoms with van der Waals surface area (Å²) in [5.74, 6) is 0.956. The number of benzene rings is 1. The Labute approximate surface area is 120 Å². The van der Waals surface area contributed by atoms with E-state index in [1.54, 1.807) is 0 Å². The Kier molecular flexibility index (Phi) is 3.55. The van der Waals surface area contributed by atoms with Crippen molar-refractivity contribution in [3.05, 3.63) is 17.7 Å². The van der Waals surface area contributed by atoms with Crippen LogP contribution in [0, 0.1) is 5.92 Å². The maximum Gasteiger partial charge on any atom is 0.224 e. The monoisotopic (exact) mass is 273 g/mol. The maximum absolute atomic E-state index is 11.4. The molecule has 1 saturated heterocycles. The number of hydrogen-bond acceptors (Lipinski definition) is 3. The molecule has 108 valence electrons. The molecule has 1 amide bonds. The molecule has 2 aliphatic rings. The SMILES string of the molecule is CCC1CCN(c2cc3c(cc2N)NC(=O)CC3)CC1. The number of nitrogen functional groups attached to an aromatic ring is 1.